The molecule has 0 radical (unpaired) electrons. The lowest BCUT2D eigenvalue weighted by atomic mass is 10.2. The van der Waals surface area contributed by atoms with Gasteiger partial charge in [0.25, 0.3) is 0 Å². The molecule has 3 nitrogen and oxygen atoms in total. The topological polar surface area (TPSA) is 35.8 Å². The molecule has 0 spiro atoms. The van der Waals surface area contributed by atoms with Gasteiger partial charge in [0.05, 0.1) is 6.61 Å². The third-order valence-corrected chi connectivity index (χ3v) is 2.62. The van der Waals surface area contributed by atoms with Crippen molar-refractivity contribution >= 4 is 6.21 Å². The second kappa shape index (κ2) is 7.60. The standard InChI is InChI=1S/C12H22N2O/c1-2-3-4-5-6-7-12-13-8-9-14(12)10-11-15/h4-5,8,12,15H,2-3,6-7,9-11H2,1H3/b5-4+. The lowest BCUT2D eigenvalue weighted by Crippen LogP contribution is -2.32. The largest absolute Gasteiger partial charge is 0.395 e. The molecule has 1 aliphatic heterocycles. The second-order valence-electron chi connectivity index (χ2n) is 3.87. The smallest absolute Gasteiger partial charge is 0.102 e. The number of nitrogens with zero attached hydrogens (tertiary/aromatic N) is 2. The average Bonchev–Trinajstić information content (AvgIpc) is 2.66. The lowest BCUT2D eigenvalue weighted by Gasteiger charge is -2.21. The SMILES string of the molecule is CCC/C=C/CCC1N=CCN1CCO. The summed E-state index contributed by atoms with van der Waals surface area (Å²) in [5.41, 5.74) is 0. The molecule has 0 aromatic heterocycles. The highest BCUT2D eigenvalue weighted by atomic mass is 16.3. The van der Waals surface area contributed by atoms with E-state index in [9.17, 15) is 0 Å². The summed E-state index contributed by atoms with van der Waals surface area (Å²) in [6.07, 6.45) is 11.3. The maximum Gasteiger partial charge on any atom is 0.102 e. The van der Waals surface area contributed by atoms with Crippen LogP contribution in [0, 0.1) is 0 Å². The van der Waals surface area contributed by atoms with Gasteiger partial charge in [0.15, 0.2) is 0 Å². The summed E-state index contributed by atoms with van der Waals surface area (Å²) >= 11 is 0. The van der Waals surface area contributed by atoms with Crippen molar-refractivity contribution in [2.24, 2.45) is 4.99 Å². The Hall–Kier alpha value is -0.670. The van der Waals surface area contributed by atoms with Crippen LogP contribution in [0.2, 0.25) is 0 Å². The van der Waals surface area contributed by atoms with Crippen molar-refractivity contribution in [1.29, 1.82) is 0 Å². The van der Waals surface area contributed by atoms with Gasteiger partial charge < -0.3 is 5.11 Å². The van der Waals surface area contributed by atoms with E-state index in [0.29, 0.717) is 6.17 Å². The predicted molar refractivity (Wildman–Crippen MR) is 64.2 cm³/mol. The summed E-state index contributed by atoms with van der Waals surface area (Å²) in [4.78, 5) is 6.63. The van der Waals surface area contributed by atoms with Crippen LogP contribution in [0.1, 0.15) is 32.6 Å². The Morgan fingerprint density at radius 3 is 3.00 bits per heavy atom. The maximum atomic E-state index is 8.87. The van der Waals surface area contributed by atoms with Crippen LogP contribution in [-0.2, 0) is 0 Å². The lowest BCUT2D eigenvalue weighted by molar-refractivity contribution is 0.179. The zero-order valence-corrected chi connectivity index (χ0v) is 9.60. The van der Waals surface area contributed by atoms with Gasteiger partial charge in [0.1, 0.15) is 6.17 Å². The van der Waals surface area contributed by atoms with Crippen LogP contribution in [0.4, 0.5) is 0 Å². The molecule has 0 bridgehead atoms. The summed E-state index contributed by atoms with van der Waals surface area (Å²) in [5.74, 6) is 0. The Labute approximate surface area is 92.5 Å². The van der Waals surface area contributed by atoms with Gasteiger partial charge in [-0.3, -0.25) is 9.89 Å². The van der Waals surface area contributed by atoms with Crippen LogP contribution >= 0.6 is 0 Å². The summed E-state index contributed by atoms with van der Waals surface area (Å²) in [6, 6.07) is 0. The minimum Gasteiger partial charge on any atom is -0.395 e. The van der Waals surface area contributed by atoms with E-state index < -0.39 is 0 Å². The second-order valence-corrected chi connectivity index (χ2v) is 3.87. The predicted octanol–water partition coefficient (Wildman–Crippen LogP) is 1.83. The van der Waals surface area contributed by atoms with Crippen LogP contribution in [-0.4, -0.2) is 42.1 Å². The highest BCUT2D eigenvalue weighted by Gasteiger charge is 2.18. The Morgan fingerprint density at radius 2 is 2.27 bits per heavy atom. The Morgan fingerprint density at radius 1 is 1.47 bits per heavy atom. The number of β-amino-alcohol motifs (C(OH)–C–C–N with tert-alkyl or cyclic N) is 1. The summed E-state index contributed by atoms with van der Waals surface area (Å²) in [6.45, 7) is 4.05. The molecule has 1 atom stereocenters. The molecule has 0 fully saturated rings. The zero-order valence-electron chi connectivity index (χ0n) is 9.60. The minimum atomic E-state index is 0.228. The molecular formula is C12H22N2O. The number of rotatable bonds is 7. The van der Waals surface area contributed by atoms with Gasteiger partial charge in [-0.15, -0.1) is 0 Å². The van der Waals surface area contributed by atoms with Crippen molar-refractivity contribution in [3.63, 3.8) is 0 Å². The molecule has 0 aromatic carbocycles. The van der Waals surface area contributed by atoms with E-state index in [4.69, 9.17) is 5.11 Å². The normalized spacial score (nSPS) is 21.9. The minimum absolute atomic E-state index is 0.228. The van der Waals surface area contributed by atoms with E-state index in [2.05, 4.69) is 29.0 Å². The van der Waals surface area contributed by atoms with Gasteiger partial charge in [0.2, 0.25) is 0 Å². The number of hydrogen-bond donors (Lipinski definition) is 1. The third kappa shape index (κ3) is 4.58. The first-order chi connectivity index (χ1) is 7.38. The van der Waals surface area contributed by atoms with Gasteiger partial charge in [-0.1, -0.05) is 25.5 Å². The number of aliphatic hydroxyl groups excluding tert-OH is 1. The van der Waals surface area contributed by atoms with Crippen LogP contribution in [0.3, 0.4) is 0 Å². The molecule has 0 aliphatic carbocycles. The van der Waals surface area contributed by atoms with Crippen molar-refractivity contribution in [3.05, 3.63) is 12.2 Å². The van der Waals surface area contributed by atoms with E-state index >= 15 is 0 Å². The van der Waals surface area contributed by atoms with Crippen molar-refractivity contribution in [2.75, 3.05) is 19.7 Å². The number of allylic oxidation sites excluding steroid dienone is 2. The van der Waals surface area contributed by atoms with Crippen molar-refractivity contribution < 1.29 is 5.11 Å². The molecule has 15 heavy (non-hydrogen) atoms. The van der Waals surface area contributed by atoms with Crippen molar-refractivity contribution in [1.82, 2.24) is 4.90 Å². The fourth-order valence-electron chi connectivity index (χ4n) is 1.76. The molecule has 0 aromatic rings. The van der Waals surface area contributed by atoms with E-state index in [1.54, 1.807) is 0 Å². The quantitative estimate of drug-likeness (QED) is 0.651. The molecule has 1 unspecified atom stereocenters. The van der Waals surface area contributed by atoms with Gasteiger partial charge >= 0.3 is 0 Å². The van der Waals surface area contributed by atoms with Crippen LogP contribution in [0.15, 0.2) is 17.1 Å². The Balaban J connectivity index is 2.16. The third-order valence-electron chi connectivity index (χ3n) is 2.62. The first kappa shape index (κ1) is 12.4. The van der Waals surface area contributed by atoms with Gasteiger partial charge in [-0.2, -0.15) is 0 Å². The van der Waals surface area contributed by atoms with Gasteiger partial charge in [0, 0.05) is 19.3 Å². The first-order valence-electron chi connectivity index (χ1n) is 5.90. The molecular weight excluding hydrogens is 188 g/mol. The summed E-state index contributed by atoms with van der Waals surface area (Å²) in [5, 5.41) is 8.87. The molecule has 1 heterocycles. The molecule has 0 saturated carbocycles. The molecule has 86 valence electrons. The fraction of sp³-hybridized carbons (Fsp3) is 0.750. The zero-order chi connectivity index (χ0) is 10.9. The molecule has 1 rings (SSSR count). The van der Waals surface area contributed by atoms with Crippen LogP contribution in [0.25, 0.3) is 0 Å². The molecule has 0 saturated heterocycles. The molecule has 1 N–H and O–H groups in total. The fourth-order valence-corrected chi connectivity index (χ4v) is 1.76. The Bertz CT molecular complexity index is 214. The van der Waals surface area contributed by atoms with E-state index in [0.717, 1.165) is 25.9 Å². The van der Waals surface area contributed by atoms with E-state index in [-0.39, 0.29) is 6.61 Å². The number of aliphatic imine (C=N–C) groups is 1. The number of unbranched alkanes of at least 4 members (excludes halogenated alkanes) is 1. The van der Waals surface area contributed by atoms with Crippen LogP contribution < -0.4 is 0 Å². The highest BCUT2D eigenvalue weighted by Crippen LogP contribution is 2.12. The molecule has 3 heteroatoms. The molecule has 1 aliphatic rings. The summed E-state index contributed by atoms with van der Waals surface area (Å²) < 4.78 is 0. The first-order valence-corrected chi connectivity index (χ1v) is 5.90. The van der Waals surface area contributed by atoms with Crippen molar-refractivity contribution in [2.45, 2.75) is 38.8 Å². The highest BCUT2D eigenvalue weighted by molar-refractivity contribution is 5.62. The summed E-state index contributed by atoms with van der Waals surface area (Å²) in [7, 11) is 0. The molecule has 0 amide bonds. The van der Waals surface area contributed by atoms with E-state index in [1.165, 1.54) is 12.8 Å². The van der Waals surface area contributed by atoms with E-state index in [1.807, 2.05) is 6.21 Å². The van der Waals surface area contributed by atoms with Gasteiger partial charge in [-0.05, 0) is 19.3 Å². The van der Waals surface area contributed by atoms with Gasteiger partial charge in [-0.25, -0.2) is 0 Å². The monoisotopic (exact) mass is 210 g/mol. The maximum absolute atomic E-state index is 8.87. The average molecular weight is 210 g/mol. The van der Waals surface area contributed by atoms with Crippen LogP contribution in [0.5, 0.6) is 0 Å². The number of aliphatic hydroxyl groups is 1. The Kier molecular flexibility index (Phi) is 6.28. The number of hydrogen-bond acceptors (Lipinski definition) is 3. The van der Waals surface area contributed by atoms with Crippen molar-refractivity contribution in [3.8, 4) is 0 Å².